The maximum Gasteiger partial charge on any atom is 0.343 e. The Morgan fingerprint density at radius 2 is 1.25 bits per heavy atom. The Morgan fingerprint density at radius 1 is 0.656 bits per heavy atom. The predicted octanol–water partition coefficient (Wildman–Crippen LogP) is 7.23. The average molecular weight is 483 g/mol. The first-order valence-electron chi connectivity index (χ1n) is 10.0. The van der Waals surface area contributed by atoms with Crippen LogP contribution in [-0.2, 0) is 0 Å². The molecule has 4 aromatic carbocycles. The van der Waals surface area contributed by atoms with Gasteiger partial charge in [0.05, 0.1) is 5.56 Å². The molecule has 0 amide bonds. The number of allylic oxidation sites excluding steroid dienone is 1. The van der Waals surface area contributed by atoms with Crippen LogP contribution in [0.25, 0.3) is 17.2 Å². The van der Waals surface area contributed by atoms with Gasteiger partial charge in [0.1, 0.15) is 5.75 Å². The van der Waals surface area contributed by atoms with Crippen LogP contribution in [0.3, 0.4) is 0 Å². The molecular formula is C28H19BrO3. The third-order valence-corrected chi connectivity index (χ3v) is 5.42. The number of halogens is 1. The number of carbonyl (C=O) groups excluding carboxylic acids is 2. The van der Waals surface area contributed by atoms with E-state index in [9.17, 15) is 9.59 Å². The average Bonchev–Trinajstić information content (AvgIpc) is 2.84. The van der Waals surface area contributed by atoms with Crippen molar-refractivity contribution in [2.45, 2.75) is 0 Å². The number of benzene rings is 4. The van der Waals surface area contributed by atoms with Gasteiger partial charge in [-0.25, -0.2) is 4.79 Å². The van der Waals surface area contributed by atoms with Crippen LogP contribution in [0.4, 0.5) is 0 Å². The molecule has 0 bridgehead atoms. The summed E-state index contributed by atoms with van der Waals surface area (Å²) in [6.07, 6.45) is 3.15. The summed E-state index contributed by atoms with van der Waals surface area (Å²) in [5, 5.41) is 0. The van der Waals surface area contributed by atoms with E-state index in [2.05, 4.69) is 15.9 Å². The summed E-state index contributed by atoms with van der Waals surface area (Å²) in [6, 6.07) is 31.6. The smallest absolute Gasteiger partial charge is 0.343 e. The lowest BCUT2D eigenvalue weighted by molar-refractivity contribution is 0.0734. The fraction of sp³-hybridized carbons (Fsp3) is 0. The van der Waals surface area contributed by atoms with Gasteiger partial charge in [-0.2, -0.15) is 0 Å². The highest BCUT2D eigenvalue weighted by Gasteiger charge is 2.11. The minimum Gasteiger partial charge on any atom is -0.422 e. The van der Waals surface area contributed by atoms with Crippen LogP contribution in [0.15, 0.2) is 114 Å². The molecule has 0 aliphatic carbocycles. The number of esters is 1. The maximum absolute atomic E-state index is 12.7. The fourth-order valence-electron chi connectivity index (χ4n) is 3.18. The van der Waals surface area contributed by atoms with Crippen molar-refractivity contribution in [3.63, 3.8) is 0 Å². The van der Waals surface area contributed by atoms with Gasteiger partial charge in [-0.1, -0.05) is 88.7 Å². The second-order valence-electron chi connectivity index (χ2n) is 7.08. The van der Waals surface area contributed by atoms with Crippen LogP contribution < -0.4 is 4.74 Å². The van der Waals surface area contributed by atoms with E-state index in [0.29, 0.717) is 22.4 Å². The zero-order valence-corrected chi connectivity index (χ0v) is 18.7. The van der Waals surface area contributed by atoms with Gasteiger partial charge in [-0.3, -0.25) is 4.79 Å². The Bertz CT molecular complexity index is 1260. The number of ether oxygens (including phenoxy) is 1. The molecule has 0 aliphatic rings. The lowest BCUT2D eigenvalue weighted by Gasteiger charge is -2.07. The second-order valence-corrected chi connectivity index (χ2v) is 7.99. The molecular weight excluding hydrogens is 464 g/mol. The standard InChI is InChI=1S/C28H19BrO3/c29-25-17-14-24(15-18-25)28(31)32-27-9-5-4-8-23(27)16-19-26(30)22-12-10-21(11-13-22)20-6-2-1-3-7-20/h1-19H/b19-16+. The first-order chi connectivity index (χ1) is 15.6. The van der Waals surface area contributed by atoms with Crippen molar-refractivity contribution in [1.29, 1.82) is 0 Å². The van der Waals surface area contributed by atoms with Crippen molar-refractivity contribution in [2.75, 3.05) is 0 Å². The van der Waals surface area contributed by atoms with E-state index in [0.717, 1.165) is 15.6 Å². The Hall–Kier alpha value is -3.76. The minimum atomic E-state index is -0.457. The lowest BCUT2D eigenvalue weighted by Crippen LogP contribution is -2.09. The largest absolute Gasteiger partial charge is 0.422 e. The van der Waals surface area contributed by atoms with E-state index < -0.39 is 5.97 Å². The summed E-state index contributed by atoms with van der Waals surface area (Å²) in [5.41, 5.74) is 3.83. The molecule has 32 heavy (non-hydrogen) atoms. The van der Waals surface area contributed by atoms with Crippen LogP contribution in [0.5, 0.6) is 5.75 Å². The van der Waals surface area contributed by atoms with Gasteiger partial charge >= 0.3 is 5.97 Å². The molecule has 0 unspecified atom stereocenters. The molecule has 0 radical (unpaired) electrons. The molecule has 4 rings (SSSR count). The molecule has 0 saturated heterocycles. The van der Waals surface area contributed by atoms with Gasteiger partial charge in [-0.15, -0.1) is 0 Å². The number of para-hydroxylation sites is 1. The van der Waals surface area contributed by atoms with Crippen LogP contribution in [0.2, 0.25) is 0 Å². The molecule has 4 heteroatoms. The number of ketones is 1. The van der Waals surface area contributed by atoms with Crippen molar-refractivity contribution in [3.05, 3.63) is 130 Å². The second kappa shape index (κ2) is 10.0. The van der Waals surface area contributed by atoms with Gasteiger partial charge in [0, 0.05) is 15.6 Å². The van der Waals surface area contributed by atoms with Crippen molar-refractivity contribution in [3.8, 4) is 16.9 Å². The number of rotatable bonds is 6. The van der Waals surface area contributed by atoms with E-state index in [-0.39, 0.29) is 5.78 Å². The normalized spacial score (nSPS) is 10.8. The molecule has 0 saturated carbocycles. The van der Waals surface area contributed by atoms with Gasteiger partial charge in [0.15, 0.2) is 5.78 Å². The van der Waals surface area contributed by atoms with Gasteiger partial charge in [0.2, 0.25) is 0 Å². The lowest BCUT2D eigenvalue weighted by atomic mass is 10.0. The molecule has 0 aromatic heterocycles. The summed E-state index contributed by atoms with van der Waals surface area (Å²) in [5.74, 6) is -0.191. The monoisotopic (exact) mass is 482 g/mol. The van der Waals surface area contributed by atoms with Crippen LogP contribution in [0, 0.1) is 0 Å². The van der Waals surface area contributed by atoms with Crippen LogP contribution in [-0.4, -0.2) is 11.8 Å². The quantitative estimate of drug-likeness (QED) is 0.126. The summed E-state index contributed by atoms with van der Waals surface area (Å²) in [4.78, 5) is 25.1. The molecule has 3 nitrogen and oxygen atoms in total. The summed E-state index contributed by atoms with van der Waals surface area (Å²) in [6.45, 7) is 0. The number of carbonyl (C=O) groups is 2. The zero-order valence-electron chi connectivity index (χ0n) is 17.1. The molecule has 0 N–H and O–H groups in total. The number of hydrogen-bond donors (Lipinski definition) is 0. The van der Waals surface area contributed by atoms with Gasteiger partial charge in [-0.05, 0) is 53.6 Å². The maximum atomic E-state index is 12.7. The van der Waals surface area contributed by atoms with E-state index in [1.807, 2.05) is 60.7 Å². The highest BCUT2D eigenvalue weighted by molar-refractivity contribution is 9.10. The van der Waals surface area contributed by atoms with E-state index in [1.54, 1.807) is 48.5 Å². The Morgan fingerprint density at radius 3 is 1.97 bits per heavy atom. The third-order valence-electron chi connectivity index (χ3n) is 4.89. The Balaban J connectivity index is 1.48. The highest BCUT2D eigenvalue weighted by atomic mass is 79.9. The fourth-order valence-corrected chi connectivity index (χ4v) is 3.44. The zero-order chi connectivity index (χ0) is 22.3. The molecule has 0 aliphatic heterocycles. The van der Waals surface area contributed by atoms with E-state index in [1.165, 1.54) is 6.08 Å². The molecule has 156 valence electrons. The minimum absolute atomic E-state index is 0.126. The van der Waals surface area contributed by atoms with E-state index in [4.69, 9.17) is 4.74 Å². The molecule has 4 aromatic rings. The summed E-state index contributed by atoms with van der Waals surface area (Å²) in [7, 11) is 0. The summed E-state index contributed by atoms with van der Waals surface area (Å²) >= 11 is 3.35. The summed E-state index contributed by atoms with van der Waals surface area (Å²) < 4.78 is 6.44. The molecule has 0 fully saturated rings. The Labute approximate surface area is 195 Å². The van der Waals surface area contributed by atoms with Crippen molar-refractivity contribution in [2.24, 2.45) is 0 Å². The third kappa shape index (κ3) is 5.29. The molecule has 0 heterocycles. The van der Waals surface area contributed by atoms with Crippen molar-refractivity contribution in [1.82, 2.24) is 0 Å². The van der Waals surface area contributed by atoms with Crippen LogP contribution in [0.1, 0.15) is 26.3 Å². The van der Waals surface area contributed by atoms with Gasteiger partial charge in [0.25, 0.3) is 0 Å². The van der Waals surface area contributed by atoms with Crippen LogP contribution >= 0.6 is 15.9 Å². The van der Waals surface area contributed by atoms with E-state index >= 15 is 0 Å². The topological polar surface area (TPSA) is 43.4 Å². The SMILES string of the molecule is O=C(/C=C/c1ccccc1OC(=O)c1ccc(Br)cc1)c1ccc(-c2ccccc2)cc1. The van der Waals surface area contributed by atoms with Crippen molar-refractivity contribution >= 4 is 33.8 Å². The number of hydrogen-bond acceptors (Lipinski definition) is 3. The van der Waals surface area contributed by atoms with Gasteiger partial charge < -0.3 is 4.74 Å². The molecule has 0 atom stereocenters. The first kappa shape index (κ1) is 21.5. The first-order valence-corrected chi connectivity index (χ1v) is 10.8. The predicted molar refractivity (Wildman–Crippen MR) is 131 cm³/mol. The molecule has 0 spiro atoms. The Kier molecular flexibility index (Phi) is 6.73. The highest BCUT2D eigenvalue weighted by Crippen LogP contribution is 2.23. The van der Waals surface area contributed by atoms with Crippen molar-refractivity contribution < 1.29 is 14.3 Å².